The average molecular weight is 235 g/mol. The van der Waals surface area contributed by atoms with Crippen molar-refractivity contribution in [2.24, 2.45) is 17.6 Å². The molecule has 1 fully saturated rings. The van der Waals surface area contributed by atoms with Gasteiger partial charge in [-0.1, -0.05) is 13.8 Å². The lowest BCUT2D eigenvalue weighted by Gasteiger charge is -2.32. The maximum absolute atomic E-state index is 5.93. The molecule has 0 aliphatic heterocycles. The molecule has 0 amide bonds. The topological polar surface area (TPSA) is 43.8 Å². The molecule has 1 unspecified atom stereocenters. The Hall–Kier alpha value is -0.830. The summed E-state index contributed by atoms with van der Waals surface area (Å²) in [4.78, 5) is 4.36. The van der Waals surface area contributed by atoms with Crippen LogP contribution in [0.25, 0.3) is 0 Å². The normalized spacial score (nSPS) is 18.7. The van der Waals surface area contributed by atoms with Crippen LogP contribution < -0.4 is 5.73 Å². The van der Waals surface area contributed by atoms with Crippen LogP contribution in [-0.2, 0) is 5.54 Å². The SMILES string of the molecule is CC(C)C(CN)c1cncn1C(C)(C)C1CC1. The minimum atomic E-state index is 0.189. The number of nitrogens with zero attached hydrogens (tertiary/aromatic N) is 2. The Kier molecular flexibility index (Phi) is 3.30. The lowest BCUT2D eigenvalue weighted by Crippen LogP contribution is -2.32. The quantitative estimate of drug-likeness (QED) is 0.852. The van der Waals surface area contributed by atoms with Gasteiger partial charge in [0.15, 0.2) is 0 Å². The summed E-state index contributed by atoms with van der Waals surface area (Å²) in [5.74, 6) is 1.78. The lowest BCUT2D eigenvalue weighted by molar-refractivity contribution is 0.285. The molecule has 3 heteroatoms. The van der Waals surface area contributed by atoms with Crippen LogP contribution in [0.15, 0.2) is 12.5 Å². The van der Waals surface area contributed by atoms with Crippen molar-refractivity contribution < 1.29 is 0 Å². The maximum atomic E-state index is 5.93. The van der Waals surface area contributed by atoms with Gasteiger partial charge >= 0.3 is 0 Å². The van der Waals surface area contributed by atoms with Gasteiger partial charge in [0.05, 0.1) is 6.33 Å². The van der Waals surface area contributed by atoms with Gasteiger partial charge in [-0.15, -0.1) is 0 Å². The van der Waals surface area contributed by atoms with Crippen LogP contribution in [0.4, 0.5) is 0 Å². The zero-order valence-corrected chi connectivity index (χ0v) is 11.5. The molecule has 1 aromatic heterocycles. The zero-order chi connectivity index (χ0) is 12.6. The molecule has 3 nitrogen and oxygen atoms in total. The van der Waals surface area contributed by atoms with Crippen molar-refractivity contribution in [2.75, 3.05) is 6.54 Å². The minimum Gasteiger partial charge on any atom is -0.330 e. The maximum Gasteiger partial charge on any atom is 0.0953 e. The molecule has 0 bridgehead atoms. The van der Waals surface area contributed by atoms with Crippen molar-refractivity contribution in [2.45, 2.75) is 52.0 Å². The average Bonchev–Trinajstić information content (AvgIpc) is 3.00. The molecule has 1 aliphatic carbocycles. The van der Waals surface area contributed by atoms with Crippen molar-refractivity contribution in [3.05, 3.63) is 18.2 Å². The smallest absolute Gasteiger partial charge is 0.0953 e. The molecule has 96 valence electrons. The summed E-state index contributed by atoms with van der Waals surface area (Å²) < 4.78 is 2.36. The molecule has 0 radical (unpaired) electrons. The third-order valence-corrected chi connectivity index (χ3v) is 4.30. The van der Waals surface area contributed by atoms with Crippen molar-refractivity contribution in [3.63, 3.8) is 0 Å². The van der Waals surface area contributed by atoms with Gasteiger partial charge in [0.2, 0.25) is 0 Å². The number of hydrogen-bond acceptors (Lipinski definition) is 2. The first-order chi connectivity index (χ1) is 7.98. The van der Waals surface area contributed by atoms with Crippen molar-refractivity contribution in [1.29, 1.82) is 0 Å². The van der Waals surface area contributed by atoms with E-state index in [2.05, 4.69) is 37.2 Å². The zero-order valence-electron chi connectivity index (χ0n) is 11.5. The first kappa shape index (κ1) is 12.6. The molecular weight excluding hydrogens is 210 g/mol. The molecule has 0 aromatic carbocycles. The number of nitrogens with two attached hydrogens (primary N) is 1. The Labute approximate surface area is 104 Å². The Morgan fingerprint density at radius 2 is 2.12 bits per heavy atom. The standard InChI is InChI=1S/C14H25N3/c1-10(2)12(7-15)13-8-16-9-17(13)14(3,4)11-5-6-11/h8-12H,5-7,15H2,1-4H3. The molecule has 1 heterocycles. The fraction of sp³-hybridized carbons (Fsp3) is 0.786. The van der Waals surface area contributed by atoms with Crippen molar-refractivity contribution in [3.8, 4) is 0 Å². The van der Waals surface area contributed by atoms with Gasteiger partial charge in [-0.05, 0) is 38.5 Å². The summed E-state index contributed by atoms with van der Waals surface area (Å²) in [6.45, 7) is 9.82. The largest absolute Gasteiger partial charge is 0.330 e. The Morgan fingerprint density at radius 1 is 1.47 bits per heavy atom. The molecule has 1 saturated carbocycles. The molecule has 2 N–H and O–H groups in total. The number of hydrogen-bond donors (Lipinski definition) is 1. The first-order valence-corrected chi connectivity index (χ1v) is 6.71. The van der Waals surface area contributed by atoms with Gasteiger partial charge in [-0.25, -0.2) is 4.98 Å². The van der Waals surface area contributed by atoms with Gasteiger partial charge < -0.3 is 10.3 Å². The summed E-state index contributed by atoms with van der Waals surface area (Å²) >= 11 is 0. The molecule has 0 spiro atoms. The van der Waals surface area contributed by atoms with E-state index in [0.29, 0.717) is 18.4 Å². The predicted octanol–water partition coefficient (Wildman–Crippen LogP) is 2.73. The molecule has 0 saturated heterocycles. The summed E-state index contributed by atoms with van der Waals surface area (Å²) in [5.41, 5.74) is 7.42. The second-order valence-corrected chi connectivity index (χ2v) is 6.20. The highest BCUT2D eigenvalue weighted by molar-refractivity contribution is 5.13. The molecule has 1 aliphatic rings. The fourth-order valence-electron chi connectivity index (χ4n) is 2.78. The van der Waals surface area contributed by atoms with Crippen molar-refractivity contribution in [1.82, 2.24) is 9.55 Å². The minimum absolute atomic E-state index is 0.189. The third-order valence-electron chi connectivity index (χ3n) is 4.30. The third kappa shape index (κ3) is 2.25. The van der Waals surface area contributed by atoms with Gasteiger partial charge in [0.25, 0.3) is 0 Å². The van der Waals surface area contributed by atoms with Gasteiger partial charge in [-0.2, -0.15) is 0 Å². The van der Waals surface area contributed by atoms with E-state index in [1.807, 2.05) is 12.5 Å². The molecule has 17 heavy (non-hydrogen) atoms. The fourth-order valence-corrected chi connectivity index (χ4v) is 2.78. The van der Waals surface area contributed by atoms with E-state index in [1.165, 1.54) is 18.5 Å². The van der Waals surface area contributed by atoms with E-state index in [1.54, 1.807) is 0 Å². The first-order valence-electron chi connectivity index (χ1n) is 6.71. The monoisotopic (exact) mass is 235 g/mol. The predicted molar refractivity (Wildman–Crippen MR) is 70.9 cm³/mol. The number of imidazole rings is 1. The highest BCUT2D eigenvalue weighted by atomic mass is 15.1. The molecule has 2 rings (SSSR count). The number of rotatable bonds is 5. The Balaban J connectivity index is 2.33. The molecule has 1 atom stereocenters. The highest BCUT2D eigenvalue weighted by Gasteiger charge is 2.40. The van der Waals surface area contributed by atoms with E-state index >= 15 is 0 Å². The van der Waals surface area contributed by atoms with Crippen LogP contribution in [-0.4, -0.2) is 16.1 Å². The Bertz CT molecular complexity index is 375. The molecule has 1 aromatic rings. The van der Waals surface area contributed by atoms with Gasteiger partial charge in [0.1, 0.15) is 0 Å². The van der Waals surface area contributed by atoms with Crippen LogP contribution in [0.2, 0.25) is 0 Å². The van der Waals surface area contributed by atoms with Gasteiger partial charge in [0, 0.05) is 29.9 Å². The summed E-state index contributed by atoms with van der Waals surface area (Å²) in [6.07, 6.45) is 6.68. The second kappa shape index (κ2) is 4.45. The summed E-state index contributed by atoms with van der Waals surface area (Å²) in [5, 5.41) is 0. The van der Waals surface area contributed by atoms with E-state index < -0.39 is 0 Å². The van der Waals surface area contributed by atoms with Crippen molar-refractivity contribution >= 4 is 0 Å². The lowest BCUT2D eigenvalue weighted by atomic mass is 9.90. The van der Waals surface area contributed by atoms with Crippen LogP contribution in [0.3, 0.4) is 0 Å². The van der Waals surface area contributed by atoms with Crippen LogP contribution in [0.5, 0.6) is 0 Å². The van der Waals surface area contributed by atoms with E-state index in [9.17, 15) is 0 Å². The Morgan fingerprint density at radius 3 is 2.59 bits per heavy atom. The van der Waals surface area contributed by atoms with E-state index in [-0.39, 0.29) is 5.54 Å². The van der Waals surface area contributed by atoms with E-state index in [0.717, 1.165) is 5.92 Å². The molecular formula is C14H25N3. The summed E-state index contributed by atoms with van der Waals surface area (Å²) in [7, 11) is 0. The van der Waals surface area contributed by atoms with Gasteiger partial charge in [-0.3, -0.25) is 0 Å². The van der Waals surface area contributed by atoms with Crippen LogP contribution >= 0.6 is 0 Å². The van der Waals surface area contributed by atoms with Crippen LogP contribution in [0.1, 0.15) is 52.1 Å². The van der Waals surface area contributed by atoms with Crippen LogP contribution in [0, 0.1) is 11.8 Å². The second-order valence-electron chi connectivity index (χ2n) is 6.20. The summed E-state index contributed by atoms with van der Waals surface area (Å²) in [6, 6.07) is 0. The van der Waals surface area contributed by atoms with E-state index in [4.69, 9.17) is 5.73 Å². The number of aromatic nitrogens is 2. The highest BCUT2D eigenvalue weighted by Crippen LogP contribution is 2.45.